The van der Waals surface area contributed by atoms with Gasteiger partial charge in [-0.15, -0.1) is 0 Å². The zero-order chi connectivity index (χ0) is 19.5. The molecule has 0 atom stereocenters. The van der Waals surface area contributed by atoms with E-state index in [4.69, 9.17) is 9.72 Å². The number of hydrogen-bond donors (Lipinski definition) is 1. The molecule has 1 aromatic heterocycles. The molecular formula is C24H20N2O2. The molecule has 0 spiro atoms. The summed E-state index contributed by atoms with van der Waals surface area (Å²) in [5.41, 5.74) is 4.92. The van der Waals surface area contributed by atoms with Gasteiger partial charge in [0.1, 0.15) is 5.75 Å². The number of hydrogen-bond acceptors (Lipinski definition) is 3. The Balaban J connectivity index is 1.78. The van der Waals surface area contributed by atoms with Crippen molar-refractivity contribution in [2.24, 2.45) is 0 Å². The molecule has 1 heterocycles. The number of nitrogens with one attached hydrogen (secondary N) is 1. The second-order valence-electron chi connectivity index (χ2n) is 6.62. The van der Waals surface area contributed by atoms with Crippen molar-refractivity contribution in [1.82, 2.24) is 4.98 Å². The predicted octanol–water partition coefficient (Wildman–Crippen LogP) is 5.47. The van der Waals surface area contributed by atoms with Crippen LogP contribution in [0.15, 0.2) is 78.9 Å². The topological polar surface area (TPSA) is 51.2 Å². The predicted molar refractivity (Wildman–Crippen MR) is 113 cm³/mol. The number of carbonyl (C=O) groups is 1. The first-order valence-corrected chi connectivity index (χ1v) is 9.06. The molecule has 4 nitrogen and oxygen atoms in total. The number of benzene rings is 3. The average molecular weight is 368 g/mol. The van der Waals surface area contributed by atoms with Gasteiger partial charge in [-0.3, -0.25) is 4.79 Å². The highest BCUT2D eigenvalue weighted by atomic mass is 16.5. The summed E-state index contributed by atoms with van der Waals surface area (Å²) in [6.45, 7) is 2.00. The first-order chi connectivity index (χ1) is 13.6. The number of fused-ring (bicyclic) bond motifs is 1. The molecule has 0 aliphatic heterocycles. The first-order valence-electron chi connectivity index (χ1n) is 9.06. The summed E-state index contributed by atoms with van der Waals surface area (Å²) in [5.74, 6) is 0.626. The second-order valence-corrected chi connectivity index (χ2v) is 6.62. The van der Waals surface area contributed by atoms with E-state index >= 15 is 0 Å². The molecule has 0 aliphatic carbocycles. The van der Waals surface area contributed by atoms with Gasteiger partial charge in [-0.05, 0) is 61.0 Å². The van der Waals surface area contributed by atoms with Crippen LogP contribution in [0.3, 0.4) is 0 Å². The van der Waals surface area contributed by atoms with E-state index in [2.05, 4.69) is 5.32 Å². The maximum atomic E-state index is 13.1. The lowest BCUT2D eigenvalue weighted by Gasteiger charge is -2.11. The Kier molecular flexibility index (Phi) is 4.77. The highest BCUT2D eigenvalue weighted by Crippen LogP contribution is 2.27. The summed E-state index contributed by atoms with van der Waals surface area (Å²) < 4.78 is 5.23. The number of aromatic nitrogens is 1. The van der Waals surface area contributed by atoms with Crippen LogP contribution in [0.1, 0.15) is 15.9 Å². The molecule has 1 N–H and O–H groups in total. The summed E-state index contributed by atoms with van der Waals surface area (Å²) in [7, 11) is 1.64. The van der Waals surface area contributed by atoms with Crippen molar-refractivity contribution in [3.63, 3.8) is 0 Å². The number of aryl methyl sites for hydroxylation is 1. The van der Waals surface area contributed by atoms with E-state index in [1.54, 1.807) is 7.11 Å². The van der Waals surface area contributed by atoms with Gasteiger partial charge in [0.2, 0.25) is 0 Å². The van der Waals surface area contributed by atoms with Crippen molar-refractivity contribution in [3.8, 4) is 17.0 Å². The third kappa shape index (κ3) is 3.58. The van der Waals surface area contributed by atoms with E-state index in [0.717, 1.165) is 39.2 Å². The number of carbonyl (C=O) groups excluding carboxylic acids is 1. The smallest absolute Gasteiger partial charge is 0.256 e. The quantitative estimate of drug-likeness (QED) is 0.519. The number of pyridine rings is 1. The Labute approximate surface area is 163 Å². The molecule has 1 amide bonds. The van der Waals surface area contributed by atoms with Gasteiger partial charge in [-0.2, -0.15) is 0 Å². The largest absolute Gasteiger partial charge is 0.497 e. The summed E-state index contributed by atoms with van der Waals surface area (Å²) in [6.07, 6.45) is 0. The number of nitrogens with zero attached hydrogens (tertiary/aromatic N) is 1. The molecule has 0 aliphatic rings. The third-order valence-corrected chi connectivity index (χ3v) is 4.62. The Morgan fingerprint density at radius 2 is 1.71 bits per heavy atom. The fourth-order valence-electron chi connectivity index (χ4n) is 3.19. The van der Waals surface area contributed by atoms with E-state index in [-0.39, 0.29) is 5.91 Å². The number of rotatable bonds is 4. The SMILES string of the molecule is COc1ccc(-c2cc(C(=O)Nc3cccc(C)c3)c3ccccc3n2)cc1. The molecule has 0 fully saturated rings. The zero-order valence-corrected chi connectivity index (χ0v) is 15.8. The van der Waals surface area contributed by atoms with Crippen molar-refractivity contribution in [2.75, 3.05) is 12.4 Å². The first kappa shape index (κ1) is 17.7. The van der Waals surface area contributed by atoms with Crippen molar-refractivity contribution in [3.05, 3.63) is 90.0 Å². The van der Waals surface area contributed by atoms with Crippen LogP contribution in [0.2, 0.25) is 0 Å². The Morgan fingerprint density at radius 3 is 2.46 bits per heavy atom. The van der Waals surface area contributed by atoms with E-state index in [0.29, 0.717) is 5.56 Å². The number of methoxy groups -OCH3 is 1. The highest BCUT2D eigenvalue weighted by molar-refractivity contribution is 6.13. The van der Waals surface area contributed by atoms with Gasteiger partial charge in [-0.1, -0.05) is 30.3 Å². The van der Waals surface area contributed by atoms with Crippen LogP contribution < -0.4 is 10.1 Å². The van der Waals surface area contributed by atoms with E-state index < -0.39 is 0 Å². The molecule has 0 saturated carbocycles. The molecule has 4 aromatic rings. The minimum absolute atomic E-state index is 0.154. The van der Waals surface area contributed by atoms with Gasteiger partial charge in [0.15, 0.2) is 0 Å². The molecule has 0 saturated heterocycles. The van der Waals surface area contributed by atoms with Crippen LogP contribution in [-0.4, -0.2) is 18.0 Å². The molecule has 4 rings (SSSR count). The Hall–Kier alpha value is -3.66. The van der Waals surface area contributed by atoms with Crippen molar-refractivity contribution in [2.45, 2.75) is 6.92 Å². The lowest BCUT2D eigenvalue weighted by Crippen LogP contribution is -2.13. The maximum Gasteiger partial charge on any atom is 0.256 e. The minimum atomic E-state index is -0.154. The molecular weight excluding hydrogens is 348 g/mol. The van der Waals surface area contributed by atoms with Crippen LogP contribution >= 0.6 is 0 Å². The van der Waals surface area contributed by atoms with Crippen LogP contribution in [0.25, 0.3) is 22.2 Å². The second kappa shape index (κ2) is 7.53. The van der Waals surface area contributed by atoms with Gasteiger partial charge in [-0.25, -0.2) is 4.98 Å². The van der Waals surface area contributed by atoms with Gasteiger partial charge in [0, 0.05) is 16.6 Å². The van der Waals surface area contributed by atoms with E-state index in [9.17, 15) is 4.79 Å². The summed E-state index contributed by atoms with van der Waals surface area (Å²) in [5, 5.41) is 3.83. The number of amides is 1. The van der Waals surface area contributed by atoms with E-state index in [1.807, 2.05) is 85.8 Å². The summed E-state index contributed by atoms with van der Waals surface area (Å²) in [4.78, 5) is 17.8. The number of para-hydroxylation sites is 1. The highest BCUT2D eigenvalue weighted by Gasteiger charge is 2.14. The van der Waals surface area contributed by atoms with Crippen LogP contribution in [0, 0.1) is 6.92 Å². The van der Waals surface area contributed by atoms with Crippen molar-refractivity contribution in [1.29, 1.82) is 0 Å². The summed E-state index contributed by atoms with van der Waals surface area (Å²) >= 11 is 0. The fourth-order valence-corrected chi connectivity index (χ4v) is 3.19. The molecule has 0 radical (unpaired) electrons. The number of ether oxygens (including phenoxy) is 1. The average Bonchev–Trinajstić information content (AvgIpc) is 2.73. The van der Waals surface area contributed by atoms with Crippen LogP contribution in [0.5, 0.6) is 5.75 Å². The van der Waals surface area contributed by atoms with Crippen molar-refractivity contribution < 1.29 is 9.53 Å². The van der Waals surface area contributed by atoms with Crippen molar-refractivity contribution >= 4 is 22.5 Å². The molecule has 4 heteroatoms. The lowest BCUT2D eigenvalue weighted by atomic mass is 10.0. The maximum absolute atomic E-state index is 13.1. The van der Waals surface area contributed by atoms with Crippen LogP contribution in [-0.2, 0) is 0 Å². The molecule has 0 unspecified atom stereocenters. The van der Waals surface area contributed by atoms with Crippen LogP contribution in [0.4, 0.5) is 5.69 Å². The molecule has 0 bridgehead atoms. The Morgan fingerprint density at radius 1 is 0.929 bits per heavy atom. The monoisotopic (exact) mass is 368 g/mol. The van der Waals surface area contributed by atoms with Gasteiger partial charge >= 0.3 is 0 Å². The minimum Gasteiger partial charge on any atom is -0.497 e. The van der Waals surface area contributed by atoms with Gasteiger partial charge in [0.25, 0.3) is 5.91 Å². The summed E-state index contributed by atoms with van der Waals surface area (Å²) in [6, 6.07) is 25.0. The molecule has 28 heavy (non-hydrogen) atoms. The molecule has 138 valence electrons. The fraction of sp³-hybridized carbons (Fsp3) is 0.0833. The third-order valence-electron chi connectivity index (χ3n) is 4.62. The standard InChI is InChI=1S/C24H20N2O2/c1-16-6-5-7-18(14-16)25-24(27)21-15-23(17-10-12-19(28-2)13-11-17)26-22-9-4-3-8-20(21)22/h3-15H,1-2H3,(H,25,27). The normalized spacial score (nSPS) is 10.6. The zero-order valence-electron chi connectivity index (χ0n) is 15.8. The van der Waals surface area contributed by atoms with Gasteiger partial charge < -0.3 is 10.1 Å². The number of anilines is 1. The Bertz CT molecular complexity index is 1150. The molecule has 3 aromatic carbocycles. The van der Waals surface area contributed by atoms with Gasteiger partial charge in [0.05, 0.1) is 23.9 Å². The lowest BCUT2D eigenvalue weighted by molar-refractivity contribution is 0.102. The van der Waals surface area contributed by atoms with E-state index in [1.165, 1.54) is 0 Å².